The predicted molar refractivity (Wildman–Crippen MR) is 122 cm³/mol. The topological polar surface area (TPSA) is 140 Å². The van der Waals surface area contributed by atoms with Crippen LogP contribution in [0.25, 0.3) is 0 Å². The Kier molecular flexibility index (Phi) is 7.33. The number of carboxylic acid groups (broad SMARTS) is 1. The van der Waals surface area contributed by atoms with E-state index in [-0.39, 0.29) is 22.8 Å². The Labute approximate surface area is 193 Å². The van der Waals surface area contributed by atoms with Crippen LogP contribution in [-0.2, 0) is 20.6 Å². The van der Waals surface area contributed by atoms with Gasteiger partial charge in [-0.2, -0.15) is 5.26 Å². The summed E-state index contributed by atoms with van der Waals surface area (Å²) in [5, 5.41) is 19.0. The van der Waals surface area contributed by atoms with E-state index >= 15 is 0 Å². The van der Waals surface area contributed by atoms with Crippen LogP contribution in [0.15, 0.2) is 36.4 Å². The van der Waals surface area contributed by atoms with E-state index in [4.69, 9.17) is 0 Å². The van der Waals surface area contributed by atoms with E-state index in [9.17, 15) is 28.4 Å². The Morgan fingerprint density at radius 2 is 1.88 bits per heavy atom. The molecule has 3 rings (SSSR count). The lowest BCUT2D eigenvalue weighted by Crippen LogP contribution is -2.43. The summed E-state index contributed by atoms with van der Waals surface area (Å²) in [6, 6.07) is 12.0. The summed E-state index contributed by atoms with van der Waals surface area (Å²) in [7, 11) is -3.81. The smallest absolute Gasteiger partial charge is 0.337 e. The minimum absolute atomic E-state index is 0.00295. The third-order valence-corrected chi connectivity index (χ3v) is 6.78. The molecule has 174 valence electrons. The van der Waals surface area contributed by atoms with Gasteiger partial charge in [0.05, 0.1) is 22.6 Å². The Bertz CT molecular complexity index is 1180. The van der Waals surface area contributed by atoms with Gasteiger partial charge in [-0.25, -0.2) is 18.2 Å². The van der Waals surface area contributed by atoms with Crippen LogP contribution in [0.4, 0.5) is 5.82 Å². The maximum absolute atomic E-state index is 12.6. The van der Waals surface area contributed by atoms with Crippen LogP contribution >= 0.6 is 0 Å². The van der Waals surface area contributed by atoms with Crippen LogP contribution in [0.2, 0.25) is 0 Å². The molecule has 1 saturated heterocycles. The molecule has 0 atom stereocenters. The van der Waals surface area contributed by atoms with Crippen molar-refractivity contribution in [2.24, 2.45) is 5.92 Å². The van der Waals surface area contributed by atoms with Crippen molar-refractivity contribution in [1.29, 1.82) is 5.26 Å². The second kappa shape index (κ2) is 10.0. The van der Waals surface area contributed by atoms with Crippen LogP contribution in [0, 0.1) is 17.2 Å². The zero-order valence-electron chi connectivity index (χ0n) is 18.5. The highest BCUT2D eigenvalue weighted by molar-refractivity contribution is 7.89. The van der Waals surface area contributed by atoms with Crippen LogP contribution < -0.4 is 9.62 Å². The van der Waals surface area contributed by atoms with Gasteiger partial charge in [0.1, 0.15) is 11.9 Å². The van der Waals surface area contributed by atoms with Crippen LogP contribution in [0.3, 0.4) is 0 Å². The molecule has 0 bridgehead atoms. The van der Waals surface area contributed by atoms with Gasteiger partial charge in [0, 0.05) is 19.0 Å². The average molecular weight is 471 g/mol. The fraction of sp³-hybridized carbons (Fsp3) is 0.391. The predicted octanol–water partition coefficient (Wildman–Crippen LogP) is 2.64. The molecule has 0 spiro atoms. The zero-order chi connectivity index (χ0) is 24.2. The molecule has 1 aliphatic rings. The highest BCUT2D eigenvalue weighted by Crippen LogP contribution is 2.29. The van der Waals surface area contributed by atoms with Crippen LogP contribution in [0.1, 0.15) is 59.8 Å². The van der Waals surface area contributed by atoms with Crippen molar-refractivity contribution < 1.29 is 23.1 Å². The molecule has 2 aromatic rings. The molecule has 33 heavy (non-hydrogen) atoms. The molecule has 1 amide bonds. The number of piperidine rings is 1. The minimum Gasteiger partial charge on any atom is -0.478 e. The monoisotopic (exact) mass is 470 g/mol. The van der Waals surface area contributed by atoms with Crippen LogP contribution in [0.5, 0.6) is 0 Å². The van der Waals surface area contributed by atoms with E-state index in [1.165, 1.54) is 6.07 Å². The summed E-state index contributed by atoms with van der Waals surface area (Å²) in [6.07, 6.45) is 0.772. The van der Waals surface area contributed by atoms with Gasteiger partial charge >= 0.3 is 5.97 Å². The Balaban J connectivity index is 1.69. The normalized spacial score (nSPS) is 14.7. The van der Waals surface area contributed by atoms with Gasteiger partial charge in [0.15, 0.2) is 0 Å². The number of hydrogen-bond donors (Lipinski definition) is 2. The first kappa shape index (κ1) is 24.2. The summed E-state index contributed by atoms with van der Waals surface area (Å²) in [5.41, 5.74) is 1.14. The van der Waals surface area contributed by atoms with Crippen molar-refractivity contribution in [3.8, 4) is 6.07 Å². The summed E-state index contributed by atoms with van der Waals surface area (Å²) in [4.78, 5) is 30.5. The zero-order valence-corrected chi connectivity index (χ0v) is 19.3. The summed E-state index contributed by atoms with van der Waals surface area (Å²) in [6.45, 7) is 4.44. The fourth-order valence-electron chi connectivity index (χ4n) is 3.87. The summed E-state index contributed by atoms with van der Waals surface area (Å²) >= 11 is 0. The molecule has 0 saturated carbocycles. The lowest BCUT2D eigenvalue weighted by molar-refractivity contribution is -0.123. The number of sulfonamides is 1. The molecular formula is C23H26N4O5S. The molecule has 1 aromatic heterocycles. The Hall–Kier alpha value is -3.45. The number of nitriles is 1. The van der Waals surface area contributed by atoms with Gasteiger partial charge in [0.25, 0.3) is 0 Å². The highest BCUT2D eigenvalue weighted by Gasteiger charge is 2.30. The third kappa shape index (κ3) is 5.87. The highest BCUT2D eigenvalue weighted by atomic mass is 32.2. The minimum atomic E-state index is -3.81. The van der Waals surface area contributed by atoms with E-state index in [1.54, 1.807) is 30.3 Å². The second-order valence-corrected chi connectivity index (χ2v) is 10.1. The standard InChI is InChI=1S/C23H26N4O5S/c1-15(2)20-19(23(29)30)12-18(13-24)21(25-20)27-10-8-17(9-11-27)22(28)26-33(31,32)14-16-6-4-3-5-7-16/h3-7,12,15,17H,8-11,14H2,1-2H3,(H,26,28)(H,29,30). The maximum Gasteiger partial charge on any atom is 0.337 e. The molecule has 0 unspecified atom stereocenters. The number of carboxylic acids is 1. The molecule has 10 heteroatoms. The van der Waals surface area contributed by atoms with Gasteiger partial charge in [0.2, 0.25) is 15.9 Å². The summed E-state index contributed by atoms with van der Waals surface area (Å²) in [5.74, 6) is -2.20. The SMILES string of the molecule is CC(C)c1nc(N2CCC(C(=O)NS(=O)(=O)Cc3ccccc3)CC2)c(C#N)cc1C(=O)O. The van der Waals surface area contributed by atoms with Crippen LogP contribution in [-0.4, -0.2) is 43.5 Å². The molecule has 2 heterocycles. The fourth-order valence-corrected chi connectivity index (χ4v) is 5.05. The molecular weight excluding hydrogens is 444 g/mol. The number of benzene rings is 1. The van der Waals surface area contributed by atoms with Gasteiger partial charge < -0.3 is 10.0 Å². The van der Waals surface area contributed by atoms with Crippen molar-refractivity contribution in [2.75, 3.05) is 18.0 Å². The molecule has 0 aliphatic carbocycles. The number of amides is 1. The number of aromatic carboxylic acids is 1. The van der Waals surface area contributed by atoms with E-state index in [0.717, 1.165) is 0 Å². The molecule has 9 nitrogen and oxygen atoms in total. The molecule has 0 radical (unpaired) electrons. The molecule has 1 aliphatic heterocycles. The number of aromatic nitrogens is 1. The number of nitrogens with zero attached hydrogens (tertiary/aromatic N) is 3. The average Bonchev–Trinajstić information content (AvgIpc) is 2.78. The molecule has 1 aromatic carbocycles. The lowest BCUT2D eigenvalue weighted by Gasteiger charge is -2.33. The number of pyridine rings is 1. The Morgan fingerprint density at radius 1 is 1.24 bits per heavy atom. The van der Waals surface area contributed by atoms with Gasteiger partial charge in [-0.3, -0.25) is 9.52 Å². The van der Waals surface area contributed by atoms with Crippen molar-refractivity contribution >= 4 is 27.7 Å². The lowest BCUT2D eigenvalue weighted by atomic mass is 9.95. The van der Waals surface area contributed by atoms with Crippen molar-refractivity contribution in [2.45, 2.75) is 38.4 Å². The second-order valence-electron chi connectivity index (χ2n) is 8.34. The number of hydrogen-bond acceptors (Lipinski definition) is 7. The first-order chi connectivity index (χ1) is 15.6. The van der Waals surface area contributed by atoms with Crippen molar-refractivity contribution in [1.82, 2.24) is 9.71 Å². The van der Waals surface area contributed by atoms with Gasteiger partial charge in [-0.15, -0.1) is 0 Å². The van der Waals surface area contributed by atoms with Gasteiger partial charge in [-0.1, -0.05) is 44.2 Å². The number of rotatable bonds is 7. The summed E-state index contributed by atoms with van der Waals surface area (Å²) < 4.78 is 26.9. The largest absolute Gasteiger partial charge is 0.478 e. The third-order valence-electron chi connectivity index (χ3n) is 5.55. The number of carbonyl (C=O) groups is 2. The number of nitrogens with one attached hydrogen (secondary N) is 1. The quantitative estimate of drug-likeness (QED) is 0.629. The van der Waals surface area contributed by atoms with E-state index in [0.29, 0.717) is 43.0 Å². The molecule has 1 fully saturated rings. The van der Waals surface area contributed by atoms with E-state index in [2.05, 4.69) is 9.71 Å². The Morgan fingerprint density at radius 3 is 2.42 bits per heavy atom. The van der Waals surface area contributed by atoms with E-state index in [1.807, 2.05) is 24.8 Å². The first-order valence-electron chi connectivity index (χ1n) is 10.6. The molecule has 2 N–H and O–H groups in total. The van der Waals surface area contributed by atoms with Crippen molar-refractivity contribution in [3.63, 3.8) is 0 Å². The van der Waals surface area contributed by atoms with E-state index < -0.39 is 27.8 Å². The number of anilines is 1. The first-order valence-corrected chi connectivity index (χ1v) is 12.3. The van der Waals surface area contributed by atoms with Crippen molar-refractivity contribution in [3.05, 3.63) is 58.8 Å². The number of carbonyl (C=O) groups excluding carboxylic acids is 1. The van der Waals surface area contributed by atoms with Gasteiger partial charge in [-0.05, 0) is 30.4 Å². The maximum atomic E-state index is 12.6.